The molecule has 1 atom stereocenters. The van der Waals surface area contributed by atoms with Crippen LogP contribution in [0.5, 0.6) is 0 Å². The largest absolute Gasteiger partial charge is 0.309 e. The van der Waals surface area contributed by atoms with Gasteiger partial charge in [0, 0.05) is 0 Å². The lowest BCUT2D eigenvalue weighted by Crippen LogP contribution is -2.19. The van der Waals surface area contributed by atoms with Gasteiger partial charge in [-0.2, -0.15) is 0 Å². The average Bonchev–Trinajstić information content (AvgIpc) is 2.75. The third kappa shape index (κ3) is 2.84. The summed E-state index contributed by atoms with van der Waals surface area (Å²) in [7, 11) is 0. The number of halogens is 2. The Morgan fingerprint density at radius 2 is 2.21 bits per heavy atom. The Morgan fingerprint density at radius 1 is 1.47 bits per heavy atom. The van der Waals surface area contributed by atoms with E-state index in [0.717, 1.165) is 23.6 Å². The van der Waals surface area contributed by atoms with Crippen LogP contribution in [0.3, 0.4) is 0 Å². The minimum absolute atomic E-state index is 0.141. The lowest BCUT2D eigenvalue weighted by molar-refractivity contribution is 0.579. The lowest BCUT2D eigenvalue weighted by Gasteiger charge is -2.10. The topological polar surface area (TPSA) is 42.7 Å². The molecule has 0 saturated heterocycles. The number of hydrogen-bond donors (Lipinski definition) is 1. The minimum Gasteiger partial charge on any atom is -0.309 e. The van der Waals surface area contributed by atoms with E-state index in [2.05, 4.69) is 31.6 Å². The summed E-state index contributed by atoms with van der Waals surface area (Å²) in [4.78, 5) is 0. The van der Waals surface area contributed by atoms with Crippen molar-refractivity contribution >= 4 is 15.9 Å². The Kier molecular flexibility index (Phi) is 4.31. The molecule has 4 nitrogen and oxygen atoms in total. The van der Waals surface area contributed by atoms with Gasteiger partial charge in [0.15, 0.2) is 0 Å². The fourth-order valence-electron chi connectivity index (χ4n) is 2.01. The fraction of sp³-hybridized carbons (Fsp3) is 0.385. The van der Waals surface area contributed by atoms with E-state index in [1.165, 1.54) is 6.07 Å². The Morgan fingerprint density at radius 3 is 2.84 bits per heavy atom. The maximum absolute atomic E-state index is 13.2. The SMILES string of the molecule is CCNC(C)c1nnn(-c2ccc(F)c(Br)c2)c1C. The second-order valence-corrected chi connectivity index (χ2v) is 5.20. The first-order chi connectivity index (χ1) is 9.04. The first-order valence-corrected chi connectivity index (χ1v) is 6.95. The van der Waals surface area contributed by atoms with Crippen LogP contribution in [0.4, 0.5) is 4.39 Å². The lowest BCUT2D eigenvalue weighted by atomic mass is 10.2. The molecule has 1 unspecified atom stereocenters. The van der Waals surface area contributed by atoms with Crippen LogP contribution in [0, 0.1) is 12.7 Å². The van der Waals surface area contributed by atoms with Crippen LogP contribution in [0.25, 0.3) is 5.69 Å². The highest BCUT2D eigenvalue weighted by atomic mass is 79.9. The molecule has 0 saturated carbocycles. The fourth-order valence-corrected chi connectivity index (χ4v) is 2.37. The zero-order valence-electron chi connectivity index (χ0n) is 11.1. The highest BCUT2D eigenvalue weighted by Gasteiger charge is 2.15. The smallest absolute Gasteiger partial charge is 0.137 e. The van der Waals surface area contributed by atoms with E-state index in [1.54, 1.807) is 16.8 Å². The number of nitrogens with zero attached hydrogens (tertiary/aromatic N) is 3. The summed E-state index contributed by atoms with van der Waals surface area (Å²) in [5, 5.41) is 11.7. The van der Waals surface area contributed by atoms with E-state index >= 15 is 0 Å². The first-order valence-electron chi connectivity index (χ1n) is 6.15. The van der Waals surface area contributed by atoms with Gasteiger partial charge < -0.3 is 5.32 Å². The van der Waals surface area contributed by atoms with Crippen molar-refractivity contribution in [3.63, 3.8) is 0 Å². The van der Waals surface area contributed by atoms with Crippen molar-refractivity contribution in [1.29, 1.82) is 0 Å². The molecule has 1 heterocycles. The number of hydrogen-bond acceptors (Lipinski definition) is 3. The van der Waals surface area contributed by atoms with E-state index in [4.69, 9.17) is 0 Å². The zero-order chi connectivity index (χ0) is 14.0. The monoisotopic (exact) mass is 326 g/mol. The summed E-state index contributed by atoms with van der Waals surface area (Å²) in [6.45, 7) is 6.93. The van der Waals surface area contributed by atoms with Gasteiger partial charge in [0.25, 0.3) is 0 Å². The number of benzene rings is 1. The molecule has 0 aliphatic heterocycles. The summed E-state index contributed by atoms with van der Waals surface area (Å²) >= 11 is 3.18. The number of rotatable bonds is 4. The van der Waals surface area contributed by atoms with Crippen molar-refractivity contribution in [1.82, 2.24) is 20.3 Å². The maximum atomic E-state index is 13.2. The Hall–Kier alpha value is -1.27. The second kappa shape index (κ2) is 5.79. The quantitative estimate of drug-likeness (QED) is 0.938. The summed E-state index contributed by atoms with van der Waals surface area (Å²) < 4.78 is 15.4. The average molecular weight is 327 g/mol. The normalized spacial score (nSPS) is 12.7. The van der Waals surface area contributed by atoms with Crippen LogP contribution >= 0.6 is 15.9 Å². The molecule has 1 aromatic heterocycles. The number of aromatic nitrogens is 3. The standard InChI is InChI=1S/C13H16BrFN4/c1-4-16-8(2)13-9(3)19(18-17-13)10-5-6-12(15)11(14)7-10/h5-8,16H,4H2,1-3H3. The molecule has 1 N–H and O–H groups in total. The van der Waals surface area contributed by atoms with Crippen LogP contribution in [-0.2, 0) is 0 Å². The minimum atomic E-state index is -0.289. The third-order valence-corrected chi connectivity index (χ3v) is 3.61. The van der Waals surface area contributed by atoms with Gasteiger partial charge in [-0.1, -0.05) is 12.1 Å². The molecule has 2 rings (SSSR count). The van der Waals surface area contributed by atoms with Crippen LogP contribution in [0.1, 0.15) is 31.3 Å². The summed E-state index contributed by atoms with van der Waals surface area (Å²) in [5.41, 5.74) is 2.64. The molecule has 0 aliphatic carbocycles. The zero-order valence-corrected chi connectivity index (χ0v) is 12.7. The molecule has 0 amide bonds. The van der Waals surface area contributed by atoms with Crippen LogP contribution in [-0.4, -0.2) is 21.5 Å². The molecule has 19 heavy (non-hydrogen) atoms. The molecular formula is C13H16BrFN4. The predicted octanol–water partition coefficient (Wildman–Crippen LogP) is 3.15. The second-order valence-electron chi connectivity index (χ2n) is 4.35. The van der Waals surface area contributed by atoms with Gasteiger partial charge in [0.2, 0.25) is 0 Å². The van der Waals surface area contributed by atoms with Crippen LogP contribution in [0.15, 0.2) is 22.7 Å². The molecule has 0 radical (unpaired) electrons. The summed E-state index contributed by atoms with van der Waals surface area (Å²) in [6.07, 6.45) is 0. The van der Waals surface area contributed by atoms with Crippen molar-refractivity contribution in [3.8, 4) is 5.69 Å². The highest BCUT2D eigenvalue weighted by molar-refractivity contribution is 9.10. The van der Waals surface area contributed by atoms with Gasteiger partial charge in [-0.15, -0.1) is 5.10 Å². The van der Waals surface area contributed by atoms with Gasteiger partial charge in [-0.25, -0.2) is 9.07 Å². The highest BCUT2D eigenvalue weighted by Crippen LogP contribution is 2.22. The van der Waals surface area contributed by atoms with Crippen molar-refractivity contribution in [2.24, 2.45) is 0 Å². The van der Waals surface area contributed by atoms with Gasteiger partial charge >= 0.3 is 0 Å². The van der Waals surface area contributed by atoms with Crippen LogP contribution in [0.2, 0.25) is 0 Å². The maximum Gasteiger partial charge on any atom is 0.137 e. The van der Waals surface area contributed by atoms with Crippen molar-refractivity contribution in [2.75, 3.05) is 6.54 Å². The van der Waals surface area contributed by atoms with E-state index in [-0.39, 0.29) is 11.9 Å². The van der Waals surface area contributed by atoms with Gasteiger partial charge in [0.1, 0.15) is 11.5 Å². The Balaban J connectivity index is 2.38. The molecule has 6 heteroatoms. The van der Waals surface area contributed by atoms with Gasteiger partial charge in [0.05, 0.1) is 21.9 Å². The molecule has 0 spiro atoms. The third-order valence-electron chi connectivity index (χ3n) is 3.00. The predicted molar refractivity (Wildman–Crippen MR) is 75.8 cm³/mol. The van der Waals surface area contributed by atoms with Crippen LogP contribution < -0.4 is 5.32 Å². The Labute approximate surface area is 120 Å². The molecule has 1 aromatic carbocycles. The van der Waals surface area contributed by atoms with E-state index in [0.29, 0.717) is 4.47 Å². The molecule has 2 aromatic rings. The summed E-state index contributed by atoms with van der Waals surface area (Å²) in [6, 6.07) is 4.93. The Bertz CT molecular complexity index is 582. The summed E-state index contributed by atoms with van der Waals surface area (Å²) in [5.74, 6) is -0.289. The molecule has 0 bridgehead atoms. The van der Waals surface area contributed by atoms with Crippen molar-refractivity contribution < 1.29 is 4.39 Å². The van der Waals surface area contributed by atoms with E-state index in [1.807, 2.05) is 20.8 Å². The van der Waals surface area contributed by atoms with E-state index < -0.39 is 0 Å². The van der Waals surface area contributed by atoms with E-state index in [9.17, 15) is 4.39 Å². The molecule has 102 valence electrons. The van der Waals surface area contributed by atoms with Gasteiger partial charge in [-0.05, 0) is 54.5 Å². The van der Waals surface area contributed by atoms with Crippen molar-refractivity contribution in [2.45, 2.75) is 26.8 Å². The number of nitrogens with one attached hydrogen (secondary N) is 1. The molecular weight excluding hydrogens is 311 g/mol. The molecule has 0 aliphatic rings. The molecule has 0 fully saturated rings. The first kappa shape index (κ1) is 14.1. The van der Waals surface area contributed by atoms with Crippen molar-refractivity contribution in [3.05, 3.63) is 39.9 Å². The van der Waals surface area contributed by atoms with Gasteiger partial charge in [-0.3, -0.25) is 0 Å².